The fourth-order valence-electron chi connectivity index (χ4n) is 1.61. The van der Waals surface area contributed by atoms with Crippen molar-refractivity contribution < 1.29 is 4.79 Å². The number of hydrogen-bond donors (Lipinski definition) is 2. The number of benzene rings is 1. The van der Waals surface area contributed by atoms with Crippen LogP contribution in [-0.4, -0.2) is 18.0 Å². The first-order chi connectivity index (χ1) is 9.30. The van der Waals surface area contributed by atoms with Crippen molar-refractivity contribution in [2.75, 3.05) is 11.9 Å². The summed E-state index contributed by atoms with van der Waals surface area (Å²) in [5.74, 6) is -0.188. The van der Waals surface area contributed by atoms with Gasteiger partial charge in [-0.3, -0.25) is 4.79 Å². The highest BCUT2D eigenvalue weighted by atomic mass is 35.5. The summed E-state index contributed by atoms with van der Waals surface area (Å²) in [7, 11) is 0. The summed E-state index contributed by atoms with van der Waals surface area (Å²) in [5.41, 5.74) is 0.854. The van der Waals surface area contributed by atoms with Crippen LogP contribution in [0.15, 0.2) is 18.2 Å². The summed E-state index contributed by atoms with van der Waals surface area (Å²) in [5, 5.41) is 15.6. The molecule has 4 nitrogen and oxygen atoms in total. The van der Waals surface area contributed by atoms with Crippen LogP contribution in [0.25, 0.3) is 0 Å². The minimum absolute atomic E-state index is 0.0318. The minimum atomic E-state index is -0.859. The molecule has 0 spiro atoms. The number of nitrogens with zero attached hydrogens (tertiary/aromatic N) is 1. The maximum Gasteiger partial charge on any atom is 0.240 e. The lowest BCUT2D eigenvalue weighted by Crippen LogP contribution is -2.50. The van der Waals surface area contributed by atoms with Crippen molar-refractivity contribution in [2.24, 2.45) is 5.92 Å². The van der Waals surface area contributed by atoms with Crippen molar-refractivity contribution in [3.05, 3.63) is 28.8 Å². The Morgan fingerprint density at radius 2 is 2.15 bits per heavy atom. The number of carbonyl (C=O) groups excluding carboxylic acids is 1. The molecule has 1 rings (SSSR count). The van der Waals surface area contributed by atoms with E-state index in [-0.39, 0.29) is 18.4 Å². The molecule has 0 unspecified atom stereocenters. The molecule has 5 heteroatoms. The molecule has 2 N–H and O–H groups in total. The Labute approximate surface area is 125 Å². The summed E-state index contributed by atoms with van der Waals surface area (Å²) < 4.78 is 0. The monoisotopic (exact) mass is 293 g/mol. The van der Waals surface area contributed by atoms with E-state index in [2.05, 4.69) is 16.7 Å². The van der Waals surface area contributed by atoms with E-state index in [4.69, 9.17) is 16.9 Å². The van der Waals surface area contributed by atoms with Gasteiger partial charge in [0.2, 0.25) is 5.91 Å². The Morgan fingerprint density at radius 3 is 2.70 bits per heavy atom. The molecule has 1 amide bonds. The highest BCUT2D eigenvalue weighted by Gasteiger charge is 2.29. The molecule has 0 radical (unpaired) electrons. The topological polar surface area (TPSA) is 64.9 Å². The van der Waals surface area contributed by atoms with E-state index < -0.39 is 5.54 Å². The molecule has 0 fully saturated rings. The molecule has 1 aromatic rings. The summed E-state index contributed by atoms with van der Waals surface area (Å²) in [6.07, 6.45) is 0. The van der Waals surface area contributed by atoms with E-state index in [9.17, 15) is 4.79 Å². The fraction of sp³-hybridized carbons (Fsp3) is 0.467. The van der Waals surface area contributed by atoms with E-state index in [1.165, 1.54) is 0 Å². The number of hydrogen-bond acceptors (Lipinski definition) is 3. The lowest BCUT2D eigenvalue weighted by molar-refractivity contribution is -0.121. The molecule has 20 heavy (non-hydrogen) atoms. The van der Waals surface area contributed by atoms with E-state index in [0.717, 1.165) is 11.3 Å². The van der Waals surface area contributed by atoms with Gasteiger partial charge in [0, 0.05) is 10.7 Å². The predicted molar refractivity (Wildman–Crippen MR) is 81.7 cm³/mol. The molecule has 0 aromatic heterocycles. The number of nitrogens with one attached hydrogen (secondary N) is 2. The SMILES string of the molecule is Cc1c(Cl)cccc1NCC(=O)N[C@@](C)(C#N)C(C)C. The third kappa shape index (κ3) is 3.88. The van der Waals surface area contributed by atoms with Crippen molar-refractivity contribution in [1.82, 2.24) is 5.32 Å². The molecule has 0 aliphatic carbocycles. The number of carbonyl (C=O) groups is 1. The van der Waals surface area contributed by atoms with E-state index in [0.29, 0.717) is 5.02 Å². The lowest BCUT2D eigenvalue weighted by atomic mass is 9.90. The summed E-state index contributed by atoms with van der Waals surface area (Å²) in [4.78, 5) is 11.9. The van der Waals surface area contributed by atoms with Crippen LogP contribution in [0.1, 0.15) is 26.3 Å². The van der Waals surface area contributed by atoms with Crippen molar-refractivity contribution in [1.29, 1.82) is 5.26 Å². The summed E-state index contributed by atoms with van der Waals surface area (Å²) in [6.45, 7) is 7.51. The van der Waals surface area contributed by atoms with Gasteiger partial charge in [-0.2, -0.15) is 5.26 Å². The number of nitriles is 1. The smallest absolute Gasteiger partial charge is 0.240 e. The van der Waals surface area contributed by atoms with Gasteiger partial charge in [-0.25, -0.2) is 0 Å². The van der Waals surface area contributed by atoms with E-state index >= 15 is 0 Å². The second-order valence-electron chi connectivity index (χ2n) is 5.28. The maximum atomic E-state index is 11.9. The van der Waals surface area contributed by atoms with E-state index in [1.807, 2.05) is 32.9 Å². The molecule has 108 valence electrons. The van der Waals surface area contributed by atoms with Gasteiger partial charge in [0.05, 0.1) is 12.6 Å². The minimum Gasteiger partial charge on any atom is -0.376 e. The fourth-order valence-corrected chi connectivity index (χ4v) is 1.78. The lowest BCUT2D eigenvalue weighted by Gasteiger charge is -2.27. The van der Waals surface area contributed by atoms with Crippen molar-refractivity contribution in [3.63, 3.8) is 0 Å². The molecule has 0 aliphatic heterocycles. The Bertz CT molecular complexity index is 536. The van der Waals surface area contributed by atoms with E-state index in [1.54, 1.807) is 13.0 Å². The zero-order valence-corrected chi connectivity index (χ0v) is 13.0. The van der Waals surface area contributed by atoms with Gasteiger partial charge in [-0.05, 0) is 37.5 Å². The van der Waals surface area contributed by atoms with Gasteiger partial charge in [-0.15, -0.1) is 0 Å². The maximum absolute atomic E-state index is 11.9. The average Bonchev–Trinajstić information content (AvgIpc) is 2.40. The molecular weight excluding hydrogens is 274 g/mol. The molecular formula is C15H20ClN3O. The van der Waals surface area contributed by atoms with Gasteiger partial charge >= 0.3 is 0 Å². The van der Waals surface area contributed by atoms with Crippen molar-refractivity contribution in [3.8, 4) is 6.07 Å². The van der Waals surface area contributed by atoms with Crippen LogP contribution in [0.5, 0.6) is 0 Å². The zero-order chi connectivity index (χ0) is 15.3. The van der Waals surface area contributed by atoms with Crippen molar-refractivity contribution >= 4 is 23.2 Å². The van der Waals surface area contributed by atoms with Crippen LogP contribution in [0, 0.1) is 24.2 Å². The van der Waals surface area contributed by atoms with Crippen LogP contribution in [0.2, 0.25) is 5.02 Å². The molecule has 0 aliphatic rings. The largest absolute Gasteiger partial charge is 0.376 e. The number of anilines is 1. The molecule has 1 aromatic carbocycles. The quantitative estimate of drug-likeness (QED) is 0.876. The predicted octanol–water partition coefficient (Wildman–Crippen LogP) is 3.11. The van der Waals surface area contributed by atoms with Gasteiger partial charge in [-0.1, -0.05) is 31.5 Å². The van der Waals surface area contributed by atoms with Crippen LogP contribution in [-0.2, 0) is 4.79 Å². The standard InChI is InChI=1S/C15H20ClN3O/c1-10(2)15(4,9-17)19-14(20)8-18-13-7-5-6-12(16)11(13)3/h5-7,10,18H,8H2,1-4H3,(H,19,20)/t15-/m0/s1. The Balaban J connectivity index is 2.65. The van der Waals surface area contributed by atoms with Crippen LogP contribution < -0.4 is 10.6 Å². The highest BCUT2D eigenvalue weighted by molar-refractivity contribution is 6.31. The molecule has 0 saturated heterocycles. The first-order valence-electron chi connectivity index (χ1n) is 6.51. The van der Waals surface area contributed by atoms with Crippen LogP contribution in [0.4, 0.5) is 5.69 Å². The third-order valence-corrected chi connectivity index (χ3v) is 3.90. The van der Waals surface area contributed by atoms with Crippen LogP contribution >= 0.6 is 11.6 Å². The summed E-state index contributed by atoms with van der Waals surface area (Å²) in [6, 6.07) is 7.63. The zero-order valence-electron chi connectivity index (χ0n) is 12.2. The first-order valence-corrected chi connectivity index (χ1v) is 6.89. The molecule has 0 heterocycles. The van der Waals surface area contributed by atoms with Gasteiger partial charge < -0.3 is 10.6 Å². The van der Waals surface area contributed by atoms with Gasteiger partial charge in [0.1, 0.15) is 5.54 Å². The second kappa shape index (κ2) is 6.62. The number of amides is 1. The molecule has 0 saturated carbocycles. The normalized spacial score (nSPS) is 13.4. The Kier molecular flexibility index (Phi) is 5.41. The Morgan fingerprint density at radius 1 is 1.50 bits per heavy atom. The van der Waals surface area contributed by atoms with Crippen molar-refractivity contribution in [2.45, 2.75) is 33.2 Å². The number of rotatable bonds is 5. The highest BCUT2D eigenvalue weighted by Crippen LogP contribution is 2.22. The summed E-state index contributed by atoms with van der Waals surface area (Å²) >= 11 is 6.02. The van der Waals surface area contributed by atoms with Gasteiger partial charge in [0.15, 0.2) is 0 Å². The third-order valence-electron chi connectivity index (χ3n) is 3.49. The molecule has 0 bridgehead atoms. The van der Waals surface area contributed by atoms with Crippen LogP contribution in [0.3, 0.4) is 0 Å². The second-order valence-corrected chi connectivity index (χ2v) is 5.69. The Hall–Kier alpha value is -1.73. The number of halogens is 1. The average molecular weight is 294 g/mol. The first kappa shape index (κ1) is 16.3. The molecule has 1 atom stereocenters. The van der Waals surface area contributed by atoms with Gasteiger partial charge in [0.25, 0.3) is 0 Å².